The van der Waals surface area contributed by atoms with Crippen LogP contribution >= 0.6 is 0 Å². The first-order valence-corrected chi connectivity index (χ1v) is 8.15. The van der Waals surface area contributed by atoms with Gasteiger partial charge < -0.3 is 10.2 Å². The van der Waals surface area contributed by atoms with Crippen molar-refractivity contribution in [2.45, 2.75) is 32.2 Å². The smallest absolute Gasteiger partial charge is 0.0734 e. The second-order valence-corrected chi connectivity index (χ2v) is 5.98. The largest absolute Gasteiger partial charge is 0.313 e. The molecule has 1 fully saturated rings. The molecule has 0 amide bonds. The van der Waals surface area contributed by atoms with Crippen LogP contribution in [0.1, 0.15) is 25.3 Å². The Morgan fingerprint density at radius 3 is 3.10 bits per heavy atom. The second-order valence-electron chi connectivity index (χ2n) is 5.98. The molecule has 3 nitrogen and oxygen atoms in total. The SMILES string of the molecule is CCCNC1CCN(CCc2cccc3cccnc23)C1. The summed E-state index contributed by atoms with van der Waals surface area (Å²) in [5.41, 5.74) is 2.54. The van der Waals surface area contributed by atoms with Crippen molar-refractivity contribution >= 4 is 10.9 Å². The Morgan fingerprint density at radius 2 is 2.19 bits per heavy atom. The average Bonchev–Trinajstić information content (AvgIpc) is 2.99. The highest BCUT2D eigenvalue weighted by atomic mass is 15.2. The van der Waals surface area contributed by atoms with E-state index in [1.165, 1.54) is 42.4 Å². The van der Waals surface area contributed by atoms with E-state index >= 15 is 0 Å². The third kappa shape index (κ3) is 3.60. The Morgan fingerprint density at radius 1 is 1.29 bits per heavy atom. The van der Waals surface area contributed by atoms with Gasteiger partial charge in [0.1, 0.15) is 0 Å². The predicted octanol–water partition coefficient (Wildman–Crippen LogP) is 2.85. The molecule has 112 valence electrons. The molecule has 21 heavy (non-hydrogen) atoms. The van der Waals surface area contributed by atoms with Gasteiger partial charge >= 0.3 is 0 Å². The number of fused-ring (bicyclic) bond motifs is 1. The quantitative estimate of drug-likeness (QED) is 0.883. The second kappa shape index (κ2) is 7.01. The van der Waals surface area contributed by atoms with Crippen LogP contribution in [-0.2, 0) is 6.42 Å². The van der Waals surface area contributed by atoms with Gasteiger partial charge in [-0.3, -0.25) is 4.98 Å². The van der Waals surface area contributed by atoms with Gasteiger partial charge in [0.2, 0.25) is 0 Å². The minimum Gasteiger partial charge on any atom is -0.313 e. The normalized spacial score (nSPS) is 19.4. The summed E-state index contributed by atoms with van der Waals surface area (Å²) < 4.78 is 0. The predicted molar refractivity (Wildman–Crippen MR) is 88.6 cm³/mol. The van der Waals surface area contributed by atoms with Gasteiger partial charge in [-0.2, -0.15) is 0 Å². The van der Waals surface area contributed by atoms with Crippen LogP contribution in [0.25, 0.3) is 10.9 Å². The molecule has 1 aromatic carbocycles. The molecule has 0 spiro atoms. The molecule has 0 bridgehead atoms. The van der Waals surface area contributed by atoms with Gasteiger partial charge in [0.25, 0.3) is 0 Å². The molecule has 2 heterocycles. The lowest BCUT2D eigenvalue weighted by atomic mass is 10.1. The van der Waals surface area contributed by atoms with E-state index in [-0.39, 0.29) is 0 Å². The fourth-order valence-corrected chi connectivity index (χ4v) is 3.20. The summed E-state index contributed by atoms with van der Waals surface area (Å²) >= 11 is 0. The van der Waals surface area contributed by atoms with Crippen molar-refractivity contribution < 1.29 is 0 Å². The number of hydrogen-bond donors (Lipinski definition) is 1. The summed E-state index contributed by atoms with van der Waals surface area (Å²) in [6.45, 7) is 6.93. The first-order chi connectivity index (χ1) is 10.4. The van der Waals surface area contributed by atoms with Crippen molar-refractivity contribution in [3.63, 3.8) is 0 Å². The van der Waals surface area contributed by atoms with E-state index in [4.69, 9.17) is 0 Å². The van der Waals surface area contributed by atoms with Crippen LogP contribution in [0.3, 0.4) is 0 Å². The van der Waals surface area contributed by atoms with Crippen LogP contribution < -0.4 is 5.32 Å². The molecule has 0 radical (unpaired) electrons. The fraction of sp³-hybridized carbons (Fsp3) is 0.500. The maximum Gasteiger partial charge on any atom is 0.0734 e. The Balaban J connectivity index is 1.58. The Labute approximate surface area is 127 Å². The number of benzene rings is 1. The highest BCUT2D eigenvalue weighted by Crippen LogP contribution is 2.17. The molecule has 0 aliphatic carbocycles. The van der Waals surface area contributed by atoms with Crippen molar-refractivity contribution in [2.24, 2.45) is 0 Å². The van der Waals surface area contributed by atoms with Crippen LogP contribution in [0.5, 0.6) is 0 Å². The summed E-state index contributed by atoms with van der Waals surface area (Å²) in [5, 5.41) is 4.88. The molecule has 3 rings (SSSR count). The first-order valence-electron chi connectivity index (χ1n) is 8.15. The van der Waals surface area contributed by atoms with E-state index in [1.807, 2.05) is 12.3 Å². The number of aromatic nitrogens is 1. The molecule has 1 atom stereocenters. The van der Waals surface area contributed by atoms with Gasteiger partial charge in [0.05, 0.1) is 5.52 Å². The molecular weight excluding hydrogens is 258 g/mol. The molecule has 2 aromatic rings. The molecule has 1 N–H and O–H groups in total. The first kappa shape index (κ1) is 14.5. The van der Waals surface area contributed by atoms with Gasteiger partial charge in [-0.25, -0.2) is 0 Å². The molecule has 0 saturated carbocycles. The van der Waals surface area contributed by atoms with E-state index in [2.05, 4.69) is 46.4 Å². The van der Waals surface area contributed by atoms with Gasteiger partial charge in [-0.15, -0.1) is 0 Å². The van der Waals surface area contributed by atoms with E-state index in [9.17, 15) is 0 Å². The molecule has 1 aliphatic heterocycles. The van der Waals surface area contributed by atoms with Crippen molar-refractivity contribution in [2.75, 3.05) is 26.2 Å². The maximum absolute atomic E-state index is 4.55. The molecule has 1 unspecified atom stereocenters. The Bertz CT molecular complexity index is 576. The number of nitrogens with zero attached hydrogens (tertiary/aromatic N) is 2. The van der Waals surface area contributed by atoms with Crippen LogP contribution in [0, 0.1) is 0 Å². The lowest BCUT2D eigenvalue weighted by Crippen LogP contribution is -2.33. The lowest BCUT2D eigenvalue weighted by Gasteiger charge is -2.17. The van der Waals surface area contributed by atoms with E-state index < -0.39 is 0 Å². The summed E-state index contributed by atoms with van der Waals surface area (Å²) in [6.07, 6.45) is 5.49. The zero-order chi connectivity index (χ0) is 14.5. The van der Waals surface area contributed by atoms with Crippen LogP contribution in [0.2, 0.25) is 0 Å². The van der Waals surface area contributed by atoms with Crippen LogP contribution in [0.15, 0.2) is 36.5 Å². The minimum absolute atomic E-state index is 0.690. The van der Waals surface area contributed by atoms with E-state index in [0.29, 0.717) is 6.04 Å². The number of likely N-dealkylation sites (tertiary alicyclic amines) is 1. The number of para-hydroxylation sites is 1. The molecule has 1 saturated heterocycles. The molecular formula is C18H25N3. The molecule has 3 heteroatoms. The third-order valence-corrected chi connectivity index (χ3v) is 4.37. The van der Waals surface area contributed by atoms with E-state index in [0.717, 1.165) is 19.5 Å². The average molecular weight is 283 g/mol. The Hall–Kier alpha value is -1.45. The van der Waals surface area contributed by atoms with E-state index in [1.54, 1.807) is 0 Å². The monoisotopic (exact) mass is 283 g/mol. The highest BCUT2D eigenvalue weighted by molar-refractivity contribution is 5.81. The minimum atomic E-state index is 0.690. The van der Waals surface area contributed by atoms with Gasteiger partial charge in [0.15, 0.2) is 0 Å². The van der Waals surface area contributed by atoms with Gasteiger partial charge in [-0.05, 0) is 44.0 Å². The fourth-order valence-electron chi connectivity index (χ4n) is 3.20. The van der Waals surface area contributed by atoms with Crippen LogP contribution in [-0.4, -0.2) is 42.1 Å². The number of rotatable bonds is 6. The lowest BCUT2D eigenvalue weighted by molar-refractivity contribution is 0.332. The third-order valence-electron chi connectivity index (χ3n) is 4.37. The summed E-state index contributed by atoms with van der Waals surface area (Å²) in [7, 11) is 0. The number of hydrogen-bond acceptors (Lipinski definition) is 3. The van der Waals surface area contributed by atoms with Crippen LogP contribution in [0.4, 0.5) is 0 Å². The molecule has 1 aliphatic rings. The standard InChI is InChI=1S/C18H25N3/c1-2-10-19-17-9-13-21(14-17)12-8-16-6-3-5-15-7-4-11-20-18(15)16/h3-7,11,17,19H,2,8-10,12-14H2,1H3. The maximum atomic E-state index is 4.55. The zero-order valence-electron chi connectivity index (χ0n) is 12.9. The highest BCUT2D eigenvalue weighted by Gasteiger charge is 2.21. The summed E-state index contributed by atoms with van der Waals surface area (Å²) in [4.78, 5) is 7.13. The zero-order valence-corrected chi connectivity index (χ0v) is 12.9. The topological polar surface area (TPSA) is 28.2 Å². The summed E-state index contributed by atoms with van der Waals surface area (Å²) in [6, 6.07) is 11.4. The Kier molecular flexibility index (Phi) is 4.84. The number of pyridine rings is 1. The van der Waals surface area contributed by atoms with Crippen molar-refractivity contribution in [3.8, 4) is 0 Å². The van der Waals surface area contributed by atoms with Crippen molar-refractivity contribution in [1.82, 2.24) is 15.2 Å². The van der Waals surface area contributed by atoms with Gasteiger partial charge in [-0.1, -0.05) is 31.2 Å². The number of nitrogens with one attached hydrogen (secondary N) is 1. The van der Waals surface area contributed by atoms with Gasteiger partial charge in [0, 0.05) is 30.7 Å². The van der Waals surface area contributed by atoms with Crippen molar-refractivity contribution in [3.05, 3.63) is 42.1 Å². The van der Waals surface area contributed by atoms with Crippen molar-refractivity contribution in [1.29, 1.82) is 0 Å². The summed E-state index contributed by atoms with van der Waals surface area (Å²) in [5.74, 6) is 0. The molecule has 1 aromatic heterocycles.